The number of carbonyl (C=O) groups excluding carboxylic acids is 4. The van der Waals surface area contributed by atoms with E-state index >= 15 is 0 Å². The van der Waals surface area contributed by atoms with Crippen molar-refractivity contribution in [2.24, 2.45) is 0 Å². The second-order valence-electron chi connectivity index (χ2n) is 12.2. The SMILES string of the molecule is CC(C)(Oc1ccc(C(=O)c2ccc(Cl)cc2)cc1)C(=O)C([S])(COCCO)C(=O)C(C)(C)Oc1ccc(C(=O)c2ccc(Cl)cc2)cc1. The van der Waals surface area contributed by atoms with Crippen molar-refractivity contribution < 1.29 is 38.5 Å². The van der Waals surface area contributed by atoms with Crippen LogP contribution in [0.15, 0.2) is 97.1 Å². The summed E-state index contributed by atoms with van der Waals surface area (Å²) >= 11 is 17.6. The van der Waals surface area contributed by atoms with E-state index in [9.17, 15) is 24.3 Å². The molecular weight excluding hydrogens is 687 g/mol. The molecule has 0 heterocycles. The maximum Gasteiger partial charge on any atom is 0.202 e. The van der Waals surface area contributed by atoms with Crippen molar-refractivity contribution >= 4 is 59.0 Å². The summed E-state index contributed by atoms with van der Waals surface area (Å²) in [6.07, 6.45) is 0. The van der Waals surface area contributed by atoms with E-state index in [1.54, 1.807) is 97.1 Å². The van der Waals surface area contributed by atoms with Crippen LogP contribution >= 0.6 is 35.8 Å². The molecular formula is C38H35Cl2O8S. The lowest BCUT2D eigenvalue weighted by Crippen LogP contribution is -2.62. The van der Waals surface area contributed by atoms with E-state index in [2.05, 4.69) is 0 Å². The highest BCUT2D eigenvalue weighted by atomic mass is 35.5. The number of hydrogen-bond donors (Lipinski definition) is 1. The van der Waals surface area contributed by atoms with Gasteiger partial charge in [0.05, 0.1) is 19.8 Å². The number of aliphatic hydroxyl groups is 1. The maximum atomic E-state index is 14.1. The number of carbonyl (C=O) groups is 4. The highest BCUT2D eigenvalue weighted by Crippen LogP contribution is 2.34. The molecule has 4 aromatic carbocycles. The van der Waals surface area contributed by atoms with Crippen LogP contribution in [0.2, 0.25) is 10.0 Å². The minimum atomic E-state index is -2.18. The molecule has 0 saturated heterocycles. The molecule has 0 aliphatic heterocycles. The summed E-state index contributed by atoms with van der Waals surface area (Å²) in [7, 11) is 0. The third-order valence-electron chi connectivity index (χ3n) is 7.56. The van der Waals surface area contributed by atoms with Crippen molar-refractivity contribution in [3.63, 3.8) is 0 Å². The Balaban J connectivity index is 1.51. The summed E-state index contributed by atoms with van der Waals surface area (Å²) in [5.74, 6) is -1.45. The zero-order valence-corrected chi connectivity index (χ0v) is 29.7. The third kappa shape index (κ3) is 9.17. The molecule has 1 N–H and O–H groups in total. The molecule has 0 spiro atoms. The number of halogens is 2. The van der Waals surface area contributed by atoms with Crippen LogP contribution < -0.4 is 9.47 Å². The van der Waals surface area contributed by atoms with Crippen LogP contribution in [0.4, 0.5) is 0 Å². The first-order valence-electron chi connectivity index (χ1n) is 15.2. The van der Waals surface area contributed by atoms with Gasteiger partial charge in [-0.05, 0) is 125 Å². The van der Waals surface area contributed by atoms with Crippen LogP contribution in [0.25, 0.3) is 0 Å². The molecule has 11 heteroatoms. The van der Waals surface area contributed by atoms with E-state index in [1.807, 2.05) is 0 Å². The molecule has 255 valence electrons. The Morgan fingerprint density at radius 1 is 0.592 bits per heavy atom. The molecule has 4 rings (SSSR count). The lowest BCUT2D eigenvalue weighted by Gasteiger charge is -2.38. The van der Waals surface area contributed by atoms with Crippen LogP contribution in [-0.4, -0.2) is 64.0 Å². The largest absolute Gasteiger partial charge is 0.480 e. The average Bonchev–Trinajstić information content (AvgIpc) is 3.08. The Hall–Kier alpha value is -3.99. The molecule has 0 fully saturated rings. The van der Waals surface area contributed by atoms with Gasteiger partial charge in [0.1, 0.15) is 11.5 Å². The van der Waals surface area contributed by atoms with E-state index in [1.165, 1.54) is 27.7 Å². The fraction of sp³-hybridized carbons (Fsp3) is 0.263. The van der Waals surface area contributed by atoms with Gasteiger partial charge in [0.2, 0.25) is 11.6 Å². The second kappa shape index (κ2) is 15.7. The highest BCUT2D eigenvalue weighted by Gasteiger charge is 2.56. The maximum absolute atomic E-state index is 14.1. The van der Waals surface area contributed by atoms with E-state index < -0.39 is 34.1 Å². The number of Topliss-reactive ketones (excluding diaryl/α,β-unsaturated/α-hetero) is 2. The Kier molecular flexibility index (Phi) is 12.1. The summed E-state index contributed by atoms with van der Waals surface area (Å²) in [6.45, 7) is 4.88. The minimum absolute atomic E-state index is 0.159. The Morgan fingerprint density at radius 3 is 1.20 bits per heavy atom. The second-order valence-corrected chi connectivity index (χ2v) is 13.8. The monoisotopic (exact) mass is 721 g/mol. The lowest BCUT2D eigenvalue weighted by molar-refractivity contribution is -0.148. The predicted octanol–water partition coefficient (Wildman–Crippen LogP) is 7.55. The van der Waals surface area contributed by atoms with Crippen molar-refractivity contribution in [1.29, 1.82) is 0 Å². The molecule has 0 aromatic heterocycles. The summed E-state index contributed by atoms with van der Waals surface area (Å²) in [4.78, 5) is 54.0. The van der Waals surface area contributed by atoms with Crippen LogP contribution in [-0.2, 0) is 14.3 Å². The topological polar surface area (TPSA) is 116 Å². The van der Waals surface area contributed by atoms with Crippen molar-refractivity contribution in [2.75, 3.05) is 19.8 Å². The summed E-state index contributed by atoms with van der Waals surface area (Å²) in [5, 5.41) is 10.3. The van der Waals surface area contributed by atoms with Gasteiger partial charge < -0.3 is 19.3 Å². The van der Waals surface area contributed by atoms with Gasteiger partial charge in [-0.1, -0.05) is 35.8 Å². The Labute approximate surface area is 300 Å². The van der Waals surface area contributed by atoms with E-state index in [-0.39, 0.29) is 36.3 Å². The van der Waals surface area contributed by atoms with Crippen molar-refractivity contribution in [2.45, 2.75) is 43.6 Å². The lowest BCUT2D eigenvalue weighted by atomic mass is 9.82. The number of ketones is 4. The van der Waals surface area contributed by atoms with Gasteiger partial charge in [-0.15, -0.1) is 0 Å². The number of ether oxygens (including phenoxy) is 3. The van der Waals surface area contributed by atoms with Crippen LogP contribution in [0.5, 0.6) is 11.5 Å². The fourth-order valence-corrected chi connectivity index (χ4v) is 5.88. The number of benzene rings is 4. The molecule has 1 radical (unpaired) electrons. The fourth-order valence-electron chi connectivity index (χ4n) is 5.05. The van der Waals surface area contributed by atoms with Crippen molar-refractivity contribution in [3.8, 4) is 11.5 Å². The average molecular weight is 723 g/mol. The number of rotatable bonds is 16. The first-order valence-corrected chi connectivity index (χ1v) is 16.4. The molecule has 0 unspecified atom stereocenters. The van der Waals surface area contributed by atoms with Gasteiger partial charge in [0, 0.05) is 32.3 Å². The normalized spacial score (nSPS) is 11.9. The Morgan fingerprint density at radius 2 is 0.898 bits per heavy atom. The quantitative estimate of drug-likeness (QED) is 0.0716. The van der Waals surface area contributed by atoms with Crippen LogP contribution in [0.3, 0.4) is 0 Å². The summed E-state index contributed by atoms with van der Waals surface area (Å²) in [6, 6.07) is 25.4. The van der Waals surface area contributed by atoms with E-state index in [0.717, 1.165) is 0 Å². The predicted molar refractivity (Wildman–Crippen MR) is 190 cm³/mol. The molecule has 4 aromatic rings. The third-order valence-corrected chi connectivity index (χ3v) is 8.55. The number of hydrogen-bond acceptors (Lipinski definition) is 8. The zero-order valence-electron chi connectivity index (χ0n) is 27.3. The van der Waals surface area contributed by atoms with Gasteiger partial charge >= 0.3 is 0 Å². The van der Waals surface area contributed by atoms with Gasteiger partial charge in [-0.3, -0.25) is 19.2 Å². The standard InChI is InChI=1S/C38H35Cl2O8S/c1-36(2,47-30-17-9-26(10-18-30)32(42)24-5-13-28(39)14-6-24)34(44)38(49,23-46-22-21-41)35(45)37(3,4)48-31-19-11-27(12-20-31)33(43)25-7-15-29(40)16-8-25/h5-20,41H,21-23H2,1-4H3. The molecule has 0 aliphatic rings. The molecule has 49 heavy (non-hydrogen) atoms. The first kappa shape index (κ1) is 37.8. The first-order chi connectivity index (χ1) is 23.1. The molecule has 8 nitrogen and oxygen atoms in total. The minimum Gasteiger partial charge on any atom is -0.480 e. The molecule has 0 aliphatic carbocycles. The van der Waals surface area contributed by atoms with Crippen molar-refractivity contribution in [3.05, 3.63) is 129 Å². The highest BCUT2D eigenvalue weighted by molar-refractivity contribution is 7.83. The molecule has 0 atom stereocenters. The van der Waals surface area contributed by atoms with Crippen molar-refractivity contribution in [1.82, 2.24) is 0 Å². The number of aliphatic hydroxyl groups excluding tert-OH is 1. The van der Waals surface area contributed by atoms with Crippen LogP contribution in [0.1, 0.15) is 59.5 Å². The zero-order chi connectivity index (χ0) is 36.0. The molecule has 0 bridgehead atoms. The van der Waals surface area contributed by atoms with E-state index in [0.29, 0.717) is 32.3 Å². The molecule has 0 amide bonds. The van der Waals surface area contributed by atoms with Gasteiger partial charge in [0.15, 0.2) is 27.5 Å². The smallest absolute Gasteiger partial charge is 0.202 e. The Bertz CT molecular complexity index is 1670. The van der Waals surface area contributed by atoms with Gasteiger partial charge in [-0.25, -0.2) is 0 Å². The summed E-state index contributed by atoms with van der Waals surface area (Å²) < 4.78 is 15.4. The van der Waals surface area contributed by atoms with Gasteiger partial charge in [-0.2, -0.15) is 0 Å². The molecule has 0 saturated carbocycles. The van der Waals surface area contributed by atoms with Crippen LogP contribution in [0, 0.1) is 0 Å². The van der Waals surface area contributed by atoms with E-state index in [4.69, 9.17) is 50.0 Å². The van der Waals surface area contributed by atoms with Gasteiger partial charge in [0.25, 0.3) is 0 Å². The summed E-state index contributed by atoms with van der Waals surface area (Å²) in [5.41, 5.74) is -1.57.